The van der Waals surface area contributed by atoms with Crippen LogP contribution in [-0.2, 0) is 0 Å². The van der Waals surface area contributed by atoms with Crippen LogP contribution in [0, 0.1) is 29.0 Å². The highest BCUT2D eigenvalue weighted by atomic mass is 19.1. The number of benzene rings is 1. The summed E-state index contributed by atoms with van der Waals surface area (Å²) in [5, 5.41) is 21.0. The van der Waals surface area contributed by atoms with Crippen molar-refractivity contribution in [3.05, 3.63) is 29.6 Å². The molecule has 3 nitrogen and oxygen atoms in total. The average molecular weight is 248 g/mol. The van der Waals surface area contributed by atoms with Gasteiger partial charge in [0.1, 0.15) is 11.9 Å². The summed E-state index contributed by atoms with van der Waals surface area (Å²) in [6.45, 7) is 0.977. The molecule has 0 spiro atoms. The highest BCUT2D eigenvalue weighted by molar-refractivity contribution is 5.48. The van der Waals surface area contributed by atoms with E-state index in [0.29, 0.717) is 17.5 Å². The van der Waals surface area contributed by atoms with Gasteiger partial charge in [0, 0.05) is 18.8 Å². The van der Waals surface area contributed by atoms with Crippen molar-refractivity contribution in [2.24, 2.45) is 11.8 Å². The monoisotopic (exact) mass is 248 g/mol. The molecule has 0 aliphatic heterocycles. The maximum absolute atomic E-state index is 13.4. The van der Waals surface area contributed by atoms with Crippen LogP contribution in [0.4, 0.5) is 10.1 Å². The van der Waals surface area contributed by atoms with Crippen LogP contribution in [0.15, 0.2) is 18.2 Å². The third kappa shape index (κ3) is 2.80. The molecule has 2 rings (SSSR count). The number of hydrogen-bond acceptors (Lipinski definition) is 3. The molecule has 0 heterocycles. The van der Waals surface area contributed by atoms with E-state index in [1.54, 1.807) is 12.1 Å². The molecule has 1 saturated carbocycles. The van der Waals surface area contributed by atoms with E-state index >= 15 is 0 Å². The lowest BCUT2D eigenvalue weighted by Crippen LogP contribution is -2.20. The normalized spacial score (nSPS) is 22.7. The molecule has 0 aromatic heterocycles. The molecule has 1 aliphatic rings. The fourth-order valence-corrected chi connectivity index (χ4v) is 2.59. The maximum atomic E-state index is 13.4. The summed E-state index contributed by atoms with van der Waals surface area (Å²) in [5.41, 5.74) is 0.754. The van der Waals surface area contributed by atoms with E-state index < -0.39 is 5.82 Å². The van der Waals surface area contributed by atoms with E-state index in [1.165, 1.54) is 12.1 Å². The van der Waals surface area contributed by atoms with Crippen molar-refractivity contribution in [3.63, 3.8) is 0 Å². The Labute approximate surface area is 106 Å². The number of aliphatic hydroxyl groups is 1. The lowest BCUT2D eigenvalue weighted by atomic mass is 9.97. The summed E-state index contributed by atoms with van der Waals surface area (Å²) in [7, 11) is 0. The molecule has 18 heavy (non-hydrogen) atoms. The molecule has 2 atom stereocenters. The molecule has 0 saturated heterocycles. The second kappa shape index (κ2) is 5.83. The number of nitriles is 1. The molecule has 0 bridgehead atoms. The van der Waals surface area contributed by atoms with Crippen LogP contribution in [0.25, 0.3) is 0 Å². The molecule has 2 unspecified atom stereocenters. The van der Waals surface area contributed by atoms with Crippen molar-refractivity contribution >= 4 is 5.69 Å². The molecule has 1 aliphatic carbocycles. The lowest BCUT2D eigenvalue weighted by Gasteiger charge is -2.18. The Morgan fingerprint density at radius 3 is 2.83 bits per heavy atom. The van der Waals surface area contributed by atoms with Crippen LogP contribution in [0.3, 0.4) is 0 Å². The van der Waals surface area contributed by atoms with Gasteiger partial charge in [-0.1, -0.05) is 6.42 Å². The van der Waals surface area contributed by atoms with E-state index in [0.717, 1.165) is 25.8 Å². The number of nitrogens with zero attached hydrogens (tertiary/aromatic N) is 1. The van der Waals surface area contributed by atoms with Gasteiger partial charge in [-0.25, -0.2) is 4.39 Å². The Balaban J connectivity index is 1.94. The van der Waals surface area contributed by atoms with Gasteiger partial charge in [-0.3, -0.25) is 0 Å². The van der Waals surface area contributed by atoms with E-state index in [4.69, 9.17) is 5.26 Å². The first kappa shape index (κ1) is 12.8. The Morgan fingerprint density at radius 2 is 2.17 bits per heavy atom. The molecule has 2 N–H and O–H groups in total. The van der Waals surface area contributed by atoms with Crippen LogP contribution in [0.1, 0.15) is 24.8 Å². The minimum atomic E-state index is -0.493. The molecular formula is C14H17FN2O. The molecule has 0 amide bonds. The van der Waals surface area contributed by atoms with E-state index in [9.17, 15) is 9.50 Å². The van der Waals surface area contributed by atoms with Crippen LogP contribution in [0.5, 0.6) is 0 Å². The fraction of sp³-hybridized carbons (Fsp3) is 0.500. The Kier molecular flexibility index (Phi) is 4.16. The summed E-state index contributed by atoms with van der Waals surface area (Å²) in [5.74, 6) is 0.321. The molecule has 96 valence electrons. The van der Waals surface area contributed by atoms with Crippen LogP contribution < -0.4 is 5.32 Å². The summed E-state index contributed by atoms with van der Waals surface area (Å²) in [6, 6.07) is 6.34. The van der Waals surface area contributed by atoms with Gasteiger partial charge in [-0.2, -0.15) is 5.26 Å². The third-order valence-electron chi connectivity index (χ3n) is 3.71. The number of rotatable bonds is 4. The Bertz CT molecular complexity index is 456. The van der Waals surface area contributed by atoms with Crippen molar-refractivity contribution in [1.82, 2.24) is 0 Å². The van der Waals surface area contributed by atoms with Gasteiger partial charge in [0.15, 0.2) is 0 Å². The largest absolute Gasteiger partial charge is 0.396 e. The van der Waals surface area contributed by atoms with Crippen LogP contribution in [0.2, 0.25) is 0 Å². The van der Waals surface area contributed by atoms with Crippen LogP contribution in [-0.4, -0.2) is 18.3 Å². The highest BCUT2D eigenvalue weighted by Crippen LogP contribution is 2.31. The Morgan fingerprint density at radius 1 is 1.39 bits per heavy atom. The standard InChI is InChI=1S/C14H17FN2O/c15-14-6-13(5-4-10(14)7-16)17-8-11-2-1-3-12(11)9-18/h4-6,11-12,17-18H,1-3,8-9H2. The van der Waals surface area contributed by atoms with E-state index in [2.05, 4.69) is 5.32 Å². The first-order valence-corrected chi connectivity index (χ1v) is 6.29. The molecule has 1 aromatic carbocycles. The van der Waals surface area contributed by atoms with Gasteiger partial charge < -0.3 is 10.4 Å². The number of hydrogen-bond donors (Lipinski definition) is 2. The molecule has 1 fully saturated rings. The zero-order valence-corrected chi connectivity index (χ0v) is 10.2. The highest BCUT2D eigenvalue weighted by Gasteiger charge is 2.26. The fourth-order valence-electron chi connectivity index (χ4n) is 2.59. The van der Waals surface area contributed by atoms with Gasteiger partial charge in [0.05, 0.1) is 5.56 Å². The van der Waals surface area contributed by atoms with Gasteiger partial charge >= 0.3 is 0 Å². The van der Waals surface area contributed by atoms with Crippen molar-refractivity contribution < 1.29 is 9.50 Å². The summed E-state index contributed by atoms with van der Waals surface area (Å²) in [6.07, 6.45) is 3.33. The number of nitrogens with one attached hydrogen (secondary N) is 1. The SMILES string of the molecule is N#Cc1ccc(NCC2CCCC2CO)cc1F. The topological polar surface area (TPSA) is 56.0 Å². The van der Waals surface area contributed by atoms with Gasteiger partial charge in [0.2, 0.25) is 0 Å². The zero-order chi connectivity index (χ0) is 13.0. The minimum absolute atomic E-state index is 0.0645. The third-order valence-corrected chi connectivity index (χ3v) is 3.71. The maximum Gasteiger partial charge on any atom is 0.143 e. The Hall–Kier alpha value is -1.60. The van der Waals surface area contributed by atoms with Gasteiger partial charge in [0.25, 0.3) is 0 Å². The summed E-state index contributed by atoms with van der Waals surface area (Å²) >= 11 is 0. The predicted molar refractivity (Wildman–Crippen MR) is 67.5 cm³/mol. The summed E-state index contributed by atoms with van der Waals surface area (Å²) in [4.78, 5) is 0. The molecule has 1 aromatic rings. The predicted octanol–water partition coefficient (Wildman–Crippen LogP) is 2.52. The van der Waals surface area contributed by atoms with Crippen molar-refractivity contribution in [1.29, 1.82) is 5.26 Å². The first-order valence-electron chi connectivity index (χ1n) is 6.29. The first-order chi connectivity index (χ1) is 8.74. The van der Waals surface area contributed by atoms with Crippen molar-refractivity contribution in [2.75, 3.05) is 18.5 Å². The quantitative estimate of drug-likeness (QED) is 0.860. The molecule has 0 radical (unpaired) electrons. The second-order valence-electron chi connectivity index (χ2n) is 4.82. The number of aliphatic hydroxyl groups excluding tert-OH is 1. The number of halogens is 1. The van der Waals surface area contributed by atoms with Crippen LogP contribution >= 0.6 is 0 Å². The second-order valence-corrected chi connectivity index (χ2v) is 4.82. The van der Waals surface area contributed by atoms with Gasteiger partial charge in [-0.05, 0) is 42.9 Å². The smallest absolute Gasteiger partial charge is 0.143 e. The minimum Gasteiger partial charge on any atom is -0.396 e. The van der Waals surface area contributed by atoms with Gasteiger partial charge in [-0.15, -0.1) is 0 Å². The molecule has 4 heteroatoms. The van der Waals surface area contributed by atoms with E-state index in [-0.39, 0.29) is 12.2 Å². The van der Waals surface area contributed by atoms with E-state index in [1.807, 2.05) is 0 Å². The van der Waals surface area contributed by atoms with Crippen molar-refractivity contribution in [3.8, 4) is 6.07 Å². The number of anilines is 1. The summed E-state index contributed by atoms with van der Waals surface area (Å²) < 4.78 is 13.4. The lowest BCUT2D eigenvalue weighted by molar-refractivity contribution is 0.199. The zero-order valence-electron chi connectivity index (χ0n) is 10.2. The average Bonchev–Trinajstić information content (AvgIpc) is 2.84. The molecular weight excluding hydrogens is 231 g/mol. The van der Waals surface area contributed by atoms with Crippen molar-refractivity contribution in [2.45, 2.75) is 19.3 Å².